The Hall–Kier alpha value is -1.30. The van der Waals surface area contributed by atoms with Crippen LogP contribution in [-0.4, -0.2) is 51.8 Å². The number of aliphatic hydroxyl groups is 1. The summed E-state index contributed by atoms with van der Waals surface area (Å²) in [6, 6.07) is -1.41. The van der Waals surface area contributed by atoms with Gasteiger partial charge in [-0.15, -0.1) is 0 Å². The highest BCUT2D eigenvalue weighted by Gasteiger charge is 2.38. The quantitative estimate of drug-likeness (QED) is 0.587. The smallest absolute Gasteiger partial charge is 0.326 e. The normalized spacial score (nSPS) is 25.7. The lowest BCUT2D eigenvalue weighted by atomic mass is 10.2. The van der Waals surface area contributed by atoms with Gasteiger partial charge in [0.2, 0.25) is 0 Å². The number of nitrogens with zero attached hydrogens (tertiary/aromatic N) is 1. The molecule has 0 aromatic rings. The van der Waals surface area contributed by atoms with Crippen LogP contribution in [0.3, 0.4) is 0 Å². The Labute approximate surface area is 87.9 Å². The molecule has 6 heteroatoms. The first-order chi connectivity index (χ1) is 6.91. The highest BCUT2D eigenvalue weighted by Crippen LogP contribution is 2.18. The number of urea groups is 1. The summed E-state index contributed by atoms with van der Waals surface area (Å²) in [6.45, 7) is 3.66. The van der Waals surface area contributed by atoms with Gasteiger partial charge in [0.15, 0.2) is 0 Å². The Morgan fingerprint density at radius 1 is 1.47 bits per heavy atom. The van der Waals surface area contributed by atoms with E-state index in [1.54, 1.807) is 13.8 Å². The molecule has 3 N–H and O–H groups in total. The molecule has 0 bridgehead atoms. The summed E-state index contributed by atoms with van der Waals surface area (Å²) < 4.78 is 0. The maximum atomic E-state index is 11.6. The minimum atomic E-state index is -1.08. The number of aliphatic carboxylic acids is 1. The third-order valence-electron chi connectivity index (χ3n) is 2.24. The van der Waals surface area contributed by atoms with Gasteiger partial charge in [-0.05, 0) is 13.8 Å². The first-order valence-corrected chi connectivity index (χ1v) is 4.89. The topological polar surface area (TPSA) is 89.9 Å². The lowest BCUT2D eigenvalue weighted by Crippen LogP contribution is -2.48. The van der Waals surface area contributed by atoms with Gasteiger partial charge in [0.25, 0.3) is 0 Å². The molecule has 0 saturated carbocycles. The number of carbonyl (C=O) groups excluding carboxylic acids is 1. The van der Waals surface area contributed by atoms with Gasteiger partial charge < -0.3 is 20.4 Å². The van der Waals surface area contributed by atoms with Crippen molar-refractivity contribution < 1.29 is 19.8 Å². The lowest BCUT2D eigenvalue weighted by molar-refractivity contribution is -0.141. The maximum Gasteiger partial charge on any atom is 0.326 e. The fourth-order valence-corrected chi connectivity index (χ4v) is 1.60. The predicted octanol–water partition coefficient (Wildman–Crippen LogP) is -0.376. The van der Waals surface area contributed by atoms with Gasteiger partial charge in [0.1, 0.15) is 6.04 Å². The van der Waals surface area contributed by atoms with Crippen LogP contribution in [0.1, 0.15) is 20.3 Å². The Balaban J connectivity index is 2.66. The highest BCUT2D eigenvalue weighted by atomic mass is 16.4. The molecule has 0 spiro atoms. The van der Waals surface area contributed by atoms with Gasteiger partial charge in [0, 0.05) is 19.0 Å². The summed E-state index contributed by atoms with van der Waals surface area (Å²) in [5.41, 5.74) is 0. The number of hydrogen-bond donors (Lipinski definition) is 3. The number of rotatable bonds is 2. The van der Waals surface area contributed by atoms with E-state index in [4.69, 9.17) is 5.11 Å². The van der Waals surface area contributed by atoms with E-state index in [0.717, 1.165) is 4.90 Å². The second kappa shape index (κ2) is 4.48. The molecule has 0 aromatic carbocycles. The molecule has 1 fully saturated rings. The molecule has 2 atom stereocenters. The number of hydrogen-bond acceptors (Lipinski definition) is 3. The van der Waals surface area contributed by atoms with Crippen molar-refractivity contribution in [1.82, 2.24) is 10.2 Å². The van der Waals surface area contributed by atoms with Crippen LogP contribution in [0.25, 0.3) is 0 Å². The summed E-state index contributed by atoms with van der Waals surface area (Å²) in [4.78, 5) is 23.5. The van der Waals surface area contributed by atoms with Crippen molar-refractivity contribution in [3.05, 3.63) is 0 Å². The molecule has 6 nitrogen and oxygen atoms in total. The number of carbonyl (C=O) groups is 2. The molecule has 0 aromatic heterocycles. The Kier molecular flexibility index (Phi) is 3.52. The molecule has 1 rings (SSSR count). The van der Waals surface area contributed by atoms with Crippen LogP contribution in [-0.2, 0) is 4.79 Å². The summed E-state index contributed by atoms with van der Waals surface area (Å²) in [6.07, 6.45) is -0.648. The van der Waals surface area contributed by atoms with E-state index in [2.05, 4.69) is 5.32 Å². The van der Waals surface area contributed by atoms with E-state index in [9.17, 15) is 14.7 Å². The van der Waals surface area contributed by atoms with Crippen LogP contribution in [0, 0.1) is 0 Å². The fraction of sp³-hybridized carbons (Fsp3) is 0.778. The number of nitrogens with one attached hydrogen (secondary N) is 1. The van der Waals surface area contributed by atoms with E-state index in [-0.39, 0.29) is 19.0 Å². The van der Waals surface area contributed by atoms with Crippen molar-refractivity contribution >= 4 is 12.0 Å². The second-order valence-corrected chi connectivity index (χ2v) is 4.00. The van der Waals surface area contributed by atoms with Crippen LogP contribution < -0.4 is 5.32 Å². The van der Waals surface area contributed by atoms with Gasteiger partial charge in [-0.2, -0.15) is 0 Å². The van der Waals surface area contributed by atoms with Gasteiger partial charge in [0.05, 0.1) is 6.10 Å². The summed E-state index contributed by atoms with van der Waals surface area (Å²) in [5.74, 6) is -1.08. The number of amides is 2. The number of carboxylic acids is 1. The summed E-state index contributed by atoms with van der Waals surface area (Å²) in [5, 5.41) is 20.8. The molecule has 0 radical (unpaired) electrons. The number of likely N-dealkylation sites (tertiary alicyclic amines) is 1. The second-order valence-electron chi connectivity index (χ2n) is 4.00. The Morgan fingerprint density at radius 2 is 2.07 bits per heavy atom. The third kappa shape index (κ3) is 2.82. The Morgan fingerprint density at radius 3 is 2.53 bits per heavy atom. The van der Waals surface area contributed by atoms with Crippen molar-refractivity contribution in [2.75, 3.05) is 6.54 Å². The molecule has 86 valence electrons. The molecule has 2 amide bonds. The molecule has 0 aliphatic carbocycles. The van der Waals surface area contributed by atoms with E-state index in [1.165, 1.54) is 0 Å². The van der Waals surface area contributed by atoms with Crippen LogP contribution in [0.4, 0.5) is 4.79 Å². The molecular weight excluding hydrogens is 200 g/mol. The predicted molar refractivity (Wildman–Crippen MR) is 52.4 cm³/mol. The minimum Gasteiger partial charge on any atom is -0.480 e. The summed E-state index contributed by atoms with van der Waals surface area (Å²) in [7, 11) is 0. The molecule has 1 aliphatic heterocycles. The van der Waals surface area contributed by atoms with Crippen molar-refractivity contribution in [1.29, 1.82) is 0 Å². The molecule has 1 unspecified atom stereocenters. The SMILES string of the molecule is CC(C)NC(=O)N1CC(O)C[C@H]1C(=O)O. The number of carboxylic acid groups (broad SMARTS) is 1. The maximum absolute atomic E-state index is 11.6. The average Bonchev–Trinajstić information content (AvgIpc) is 2.46. The molecule has 1 aliphatic rings. The van der Waals surface area contributed by atoms with E-state index in [0.29, 0.717) is 0 Å². The van der Waals surface area contributed by atoms with Crippen molar-refractivity contribution in [3.8, 4) is 0 Å². The Bertz CT molecular complexity index is 267. The van der Waals surface area contributed by atoms with E-state index in [1.807, 2.05) is 0 Å². The monoisotopic (exact) mass is 216 g/mol. The zero-order valence-electron chi connectivity index (χ0n) is 8.80. The van der Waals surface area contributed by atoms with Crippen LogP contribution in [0.5, 0.6) is 0 Å². The first kappa shape index (κ1) is 11.8. The summed E-state index contributed by atoms with van der Waals surface area (Å²) >= 11 is 0. The molecule has 1 saturated heterocycles. The van der Waals surface area contributed by atoms with E-state index >= 15 is 0 Å². The standard InChI is InChI=1S/C9H16N2O4/c1-5(2)10-9(15)11-4-6(12)3-7(11)8(13)14/h5-7,12H,3-4H2,1-2H3,(H,10,15)(H,13,14)/t6?,7-/m0/s1. The minimum absolute atomic E-state index is 0.0512. The van der Waals surface area contributed by atoms with Gasteiger partial charge in [-0.1, -0.05) is 0 Å². The lowest BCUT2D eigenvalue weighted by Gasteiger charge is -2.22. The zero-order chi connectivity index (χ0) is 11.6. The largest absolute Gasteiger partial charge is 0.480 e. The van der Waals surface area contributed by atoms with E-state index < -0.39 is 24.1 Å². The number of aliphatic hydroxyl groups excluding tert-OH is 1. The van der Waals surface area contributed by atoms with Gasteiger partial charge in [-0.25, -0.2) is 9.59 Å². The van der Waals surface area contributed by atoms with Crippen molar-refractivity contribution in [2.24, 2.45) is 0 Å². The fourth-order valence-electron chi connectivity index (χ4n) is 1.60. The molecular formula is C9H16N2O4. The van der Waals surface area contributed by atoms with Crippen LogP contribution in [0.2, 0.25) is 0 Å². The van der Waals surface area contributed by atoms with Crippen LogP contribution in [0.15, 0.2) is 0 Å². The van der Waals surface area contributed by atoms with Gasteiger partial charge >= 0.3 is 12.0 Å². The van der Waals surface area contributed by atoms with Crippen LogP contribution >= 0.6 is 0 Å². The van der Waals surface area contributed by atoms with Gasteiger partial charge in [-0.3, -0.25) is 0 Å². The van der Waals surface area contributed by atoms with Crippen molar-refractivity contribution in [2.45, 2.75) is 38.5 Å². The van der Waals surface area contributed by atoms with Crippen molar-refractivity contribution in [3.63, 3.8) is 0 Å². The average molecular weight is 216 g/mol. The molecule has 15 heavy (non-hydrogen) atoms. The molecule has 1 heterocycles. The third-order valence-corrected chi connectivity index (χ3v) is 2.24. The number of β-amino-alcohol motifs (C(OH)–C–C–N with tert-alkyl or cyclic N) is 1. The first-order valence-electron chi connectivity index (χ1n) is 4.89. The zero-order valence-corrected chi connectivity index (χ0v) is 8.80. The highest BCUT2D eigenvalue weighted by molar-refractivity contribution is 5.83.